The zero-order valence-electron chi connectivity index (χ0n) is 12.3. The zero-order valence-corrected chi connectivity index (χ0v) is 12.3. The molecule has 1 aromatic rings. The highest BCUT2D eigenvalue weighted by atomic mass is 16.2. The second kappa shape index (κ2) is 5.22. The van der Waals surface area contributed by atoms with Crippen molar-refractivity contribution in [2.75, 3.05) is 38.6 Å². The van der Waals surface area contributed by atoms with Crippen molar-refractivity contribution in [3.05, 3.63) is 26.0 Å². The molecule has 0 amide bonds. The Morgan fingerprint density at radius 3 is 2.00 bits per heavy atom. The molecule has 0 radical (unpaired) electrons. The van der Waals surface area contributed by atoms with Gasteiger partial charge in [0.15, 0.2) is 0 Å². The van der Waals surface area contributed by atoms with E-state index >= 15 is 0 Å². The van der Waals surface area contributed by atoms with Gasteiger partial charge in [0.25, 0.3) is 0 Å². The first-order chi connectivity index (χ1) is 8.20. The van der Waals surface area contributed by atoms with Crippen LogP contribution < -0.4 is 15.8 Å². The van der Waals surface area contributed by atoms with Gasteiger partial charge in [0.05, 0.1) is 5.69 Å². The molecular weight excluding hydrogens is 228 g/mol. The topological polar surface area (TPSA) is 40.6 Å². The molecule has 0 atom stereocenters. The van der Waals surface area contributed by atoms with Crippen LogP contribution in [0.15, 0.2) is 9.59 Å². The summed E-state index contributed by atoms with van der Waals surface area (Å²) in [7, 11) is 3.93. The fourth-order valence-corrected chi connectivity index (χ4v) is 2.03. The van der Waals surface area contributed by atoms with E-state index in [9.17, 15) is 9.59 Å². The summed E-state index contributed by atoms with van der Waals surface area (Å²) in [5.74, 6) is 0. The summed E-state index contributed by atoms with van der Waals surface area (Å²) < 4.78 is 0. The number of nitrogens with zero attached hydrogens (tertiary/aromatic N) is 2. The molecule has 0 saturated heterocycles. The highest BCUT2D eigenvalue weighted by molar-refractivity contribution is 5.60. The first-order valence-corrected chi connectivity index (χ1v) is 6.43. The SMILES string of the molecule is CCN(C)CCN(C)c1c(C(C)(C)C)c(=O)c1=O. The third kappa shape index (κ3) is 2.80. The average molecular weight is 252 g/mol. The van der Waals surface area contributed by atoms with Crippen LogP contribution in [0.4, 0.5) is 5.69 Å². The van der Waals surface area contributed by atoms with Crippen molar-refractivity contribution >= 4 is 5.69 Å². The van der Waals surface area contributed by atoms with Crippen LogP contribution in [-0.2, 0) is 5.41 Å². The fraction of sp³-hybridized carbons (Fsp3) is 0.714. The van der Waals surface area contributed by atoms with E-state index in [1.54, 1.807) is 0 Å². The largest absolute Gasteiger partial charge is 0.370 e. The van der Waals surface area contributed by atoms with E-state index in [2.05, 4.69) is 11.8 Å². The van der Waals surface area contributed by atoms with Crippen LogP contribution in [0.3, 0.4) is 0 Å². The molecular formula is C14H24N2O2. The predicted octanol–water partition coefficient (Wildman–Crippen LogP) is 0.968. The molecule has 1 aromatic carbocycles. The lowest BCUT2D eigenvalue weighted by Crippen LogP contribution is -2.47. The maximum atomic E-state index is 11.7. The molecule has 0 unspecified atom stereocenters. The smallest absolute Gasteiger partial charge is 0.249 e. The predicted molar refractivity (Wildman–Crippen MR) is 76.5 cm³/mol. The average Bonchev–Trinajstić information content (AvgIpc) is 2.29. The molecule has 0 aliphatic carbocycles. The van der Waals surface area contributed by atoms with E-state index in [0.29, 0.717) is 11.3 Å². The van der Waals surface area contributed by atoms with Gasteiger partial charge < -0.3 is 9.80 Å². The van der Waals surface area contributed by atoms with Gasteiger partial charge in [-0.3, -0.25) is 9.59 Å². The Morgan fingerprint density at radius 2 is 1.56 bits per heavy atom. The lowest BCUT2D eigenvalue weighted by atomic mass is 9.82. The molecule has 0 saturated carbocycles. The molecule has 0 aromatic heterocycles. The first-order valence-electron chi connectivity index (χ1n) is 6.43. The first kappa shape index (κ1) is 14.9. The van der Waals surface area contributed by atoms with Gasteiger partial charge in [0.1, 0.15) is 0 Å². The Balaban J connectivity index is 2.88. The lowest BCUT2D eigenvalue weighted by molar-refractivity contribution is 0.360. The Bertz CT molecular complexity index is 479. The van der Waals surface area contributed by atoms with Crippen LogP contribution in [0.25, 0.3) is 0 Å². The highest BCUT2D eigenvalue weighted by Gasteiger charge is 2.31. The van der Waals surface area contributed by atoms with Gasteiger partial charge in [-0.05, 0) is 19.0 Å². The summed E-state index contributed by atoms with van der Waals surface area (Å²) >= 11 is 0. The molecule has 102 valence electrons. The summed E-state index contributed by atoms with van der Waals surface area (Å²) in [4.78, 5) is 27.5. The monoisotopic (exact) mass is 252 g/mol. The van der Waals surface area contributed by atoms with Crippen molar-refractivity contribution in [2.24, 2.45) is 0 Å². The number of rotatable bonds is 5. The Labute approximate surface area is 109 Å². The summed E-state index contributed by atoms with van der Waals surface area (Å²) in [5, 5.41) is 0. The van der Waals surface area contributed by atoms with Gasteiger partial charge in [-0.25, -0.2) is 0 Å². The molecule has 0 aliphatic heterocycles. The van der Waals surface area contributed by atoms with Gasteiger partial charge in [-0.15, -0.1) is 0 Å². The Kier molecular flexibility index (Phi) is 4.32. The quantitative estimate of drug-likeness (QED) is 0.732. The van der Waals surface area contributed by atoms with E-state index in [0.717, 1.165) is 19.6 Å². The van der Waals surface area contributed by atoms with Crippen LogP contribution in [0.5, 0.6) is 0 Å². The van der Waals surface area contributed by atoms with Crippen LogP contribution in [-0.4, -0.2) is 38.6 Å². The van der Waals surface area contributed by atoms with Crippen molar-refractivity contribution in [1.82, 2.24) is 4.90 Å². The molecule has 0 bridgehead atoms. The summed E-state index contributed by atoms with van der Waals surface area (Å²) in [6, 6.07) is 0. The molecule has 0 fully saturated rings. The van der Waals surface area contributed by atoms with E-state index in [1.807, 2.05) is 39.8 Å². The number of likely N-dealkylation sites (N-methyl/N-ethyl adjacent to an activating group) is 2. The molecule has 0 spiro atoms. The molecule has 4 heteroatoms. The molecule has 4 nitrogen and oxygen atoms in total. The van der Waals surface area contributed by atoms with Crippen LogP contribution in [0.1, 0.15) is 33.3 Å². The van der Waals surface area contributed by atoms with Gasteiger partial charge in [0, 0.05) is 25.7 Å². The molecule has 0 N–H and O–H groups in total. The third-order valence-electron chi connectivity index (χ3n) is 3.37. The standard InChI is InChI=1S/C14H24N2O2/c1-7-15(5)8-9-16(6)11-10(14(2,3)4)12(17)13(11)18/h7-9H2,1-6H3. The Morgan fingerprint density at radius 1 is 1.00 bits per heavy atom. The summed E-state index contributed by atoms with van der Waals surface area (Å²) in [6.07, 6.45) is 0. The van der Waals surface area contributed by atoms with Crippen LogP contribution >= 0.6 is 0 Å². The van der Waals surface area contributed by atoms with Gasteiger partial charge in [-0.1, -0.05) is 27.7 Å². The van der Waals surface area contributed by atoms with E-state index in [4.69, 9.17) is 0 Å². The van der Waals surface area contributed by atoms with Gasteiger partial charge in [0.2, 0.25) is 10.9 Å². The number of hydrogen-bond donors (Lipinski definition) is 0. The van der Waals surface area contributed by atoms with E-state index in [-0.39, 0.29) is 16.3 Å². The van der Waals surface area contributed by atoms with E-state index < -0.39 is 0 Å². The minimum atomic E-state index is -0.332. The molecule has 1 rings (SSSR count). The van der Waals surface area contributed by atoms with Crippen molar-refractivity contribution in [2.45, 2.75) is 33.1 Å². The fourth-order valence-electron chi connectivity index (χ4n) is 2.03. The summed E-state index contributed by atoms with van der Waals surface area (Å²) in [5.41, 5.74) is 0.381. The minimum absolute atomic E-state index is 0.259. The lowest BCUT2D eigenvalue weighted by Gasteiger charge is -2.30. The summed E-state index contributed by atoms with van der Waals surface area (Å²) in [6.45, 7) is 10.6. The molecule has 0 aliphatic rings. The normalized spacial score (nSPS) is 12.4. The van der Waals surface area contributed by atoms with Crippen molar-refractivity contribution in [1.29, 1.82) is 0 Å². The van der Waals surface area contributed by atoms with Crippen LogP contribution in [0.2, 0.25) is 0 Å². The highest BCUT2D eigenvalue weighted by Crippen LogP contribution is 2.27. The van der Waals surface area contributed by atoms with E-state index in [1.165, 1.54) is 0 Å². The van der Waals surface area contributed by atoms with Gasteiger partial charge in [-0.2, -0.15) is 0 Å². The van der Waals surface area contributed by atoms with Crippen molar-refractivity contribution in [3.8, 4) is 0 Å². The van der Waals surface area contributed by atoms with Crippen molar-refractivity contribution in [3.63, 3.8) is 0 Å². The number of anilines is 1. The van der Waals surface area contributed by atoms with Crippen LogP contribution in [0, 0.1) is 0 Å². The second-order valence-corrected chi connectivity index (χ2v) is 5.95. The minimum Gasteiger partial charge on any atom is -0.370 e. The molecule has 18 heavy (non-hydrogen) atoms. The second-order valence-electron chi connectivity index (χ2n) is 5.95. The maximum absolute atomic E-state index is 11.7. The number of hydrogen-bond acceptors (Lipinski definition) is 4. The maximum Gasteiger partial charge on any atom is 0.249 e. The zero-order chi connectivity index (χ0) is 14.1. The molecule has 0 heterocycles. The third-order valence-corrected chi connectivity index (χ3v) is 3.37. The Hall–Kier alpha value is -1.16. The van der Waals surface area contributed by atoms with Gasteiger partial charge >= 0.3 is 0 Å². The van der Waals surface area contributed by atoms with Crippen molar-refractivity contribution < 1.29 is 0 Å².